The minimum atomic E-state index is -0.353. The van der Waals surface area contributed by atoms with Crippen molar-refractivity contribution in [3.05, 3.63) is 53.1 Å². The number of ether oxygens (including phenoxy) is 2. The van der Waals surface area contributed by atoms with Crippen LogP contribution in [0.15, 0.2) is 42.5 Å². The van der Waals surface area contributed by atoms with Gasteiger partial charge < -0.3 is 19.7 Å². The molecule has 1 aliphatic heterocycles. The van der Waals surface area contributed by atoms with Crippen LogP contribution in [-0.4, -0.2) is 44.0 Å². The number of anilines is 1. The second kappa shape index (κ2) is 8.97. The molecule has 1 atom stereocenters. The predicted octanol–water partition coefficient (Wildman–Crippen LogP) is 3.39. The zero-order valence-electron chi connectivity index (χ0n) is 15.9. The van der Waals surface area contributed by atoms with E-state index in [1.807, 2.05) is 18.2 Å². The largest absolute Gasteiger partial charge is 0.493 e. The van der Waals surface area contributed by atoms with Crippen molar-refractivity contribution in [1.82, 2.24) is 4.90 Å². The van der Waals surface area contributed by atoms with E-state index in [1.165, 1.54) is 0 Å². The molecule has 7 heteroatoms. The van der Waals surface area contributed by atoms with Crippen molar-refractivity contribution < 1.29 is 19.1 Å². The molecule has 2 aromatic rings. The van der Waals surface area contributed by atoms with Crippen LogP contribution in [-0.2, 0) is 16.0 Å². The minimum Gasteiger partial charge on any atom is -0.493 e. The molecule has 0 aliphatic carbocycles. The van der Waals surface area contributed by atoms with Crippen LogP contribution in [0.4, 0.5) is 5.69 Å². The summed E-state index contributed by atoms with van der Waals surface area (Å²) in [6, 6.07) is 12.6. The van der Waals surface area contributed by atoms with Crippen molar-refractivity contribution in [2.24, 2.45) is 5.92 Å². The van der Waals surface area contributed by atoms with Crippen LogP contribution >= 0.6 is 11.6 Å². The maximum Gasteiger partial charge on any atom is 0.229 e. The number of nitrogens with one attached hydrogen (secondary N) is 1. The highest BCUT2D eigenvalue weighted by molar-refractivity contribution is 6.30. The van der Waals surface area contributed by atoms with E-state index in [0.29, 0.717) is 41.7 Å². The molecule has 0 radical (unpaired) electrons. The van der Waals surface area contributed by atoms with Crippen LogP contribution in [0.25, 0.3) is 0 Å². The summed E-state index contributed by atoms with van der Waals surface area (Å²) in [5.74, 6) is 0.824. The van der Waals surface area contributed by atoms with E-state index in [-0.39, 0.29) is 24.2 Å². The van der Waals surface area contributed by atoms with Crippen LogP contribution < -0.4 is 14.8 Å². The molecule has 0 saturated carbocycles. The van der Waals surface area contributed by atoms with Gasteiger partial charge in [0.2, 0.25) is 11.8 Å². The van der Waals surface area contributed by atoms with Gasteiger partial charge in [0.25, 0.3) is 0 Å². The molecule has 1 aliphatic rings. The molecule has 2 amide bonds. The van der Waals surface area contributed by atoms with Crippen molar-refractivity contribution in [3.8, 4) is 11.5 Å². The smallest absolute Gasteiger partial charge is 0.229 e. The number of likely N-dealkylation sites (tertiary alicyclic amines) is 1. The zero-order valence-corrected chi connectivity index (χ0v) is 16.7. The maximum atomic E-state index is 12.5. The highest BCUT2D eigenvalue weighted by atomic mass is 35.5. The lowest BCUT2D eigenvalue weighted by atomic mass is 10.1. The fourth-order valence-electron chi connectivity index (χ4n) is 3.24. The Morgan fingerprint density at radius 1 is 1.14 bits per heavy atom. The standard InChI is InChI=1S/C21H23ClN2O4/c1-27-18-8-3-14(11-19(18)28-2)9-10-24-13-15(12-20(24)25)21(26)23-17-6-4-16(22)5-7-17/h3-8,11,15H,9-10,12-13H2,1-2H3,(H,23,26). The first-order chi connectivity index (χ1) is 13.5. The van der Waals surface area contributed by atoms with Crippen LogP contribution in [0.3, 0.4) is 0 Å². The number of rotatable bonds is 7. The van der Waals surface area contributed by atoms with Gasteiger partial charge in [-0.15, -0.1) is 0 Å². The average Bonchev–Trinajstić information content (AvgIpc) is 3.08. The first-order valence-corrected chi connectivity index (χ1v) is 9.43. The fraction of sp³-hybridized carbons (Fsp3) is 0.333. The second-order valence-electron chi connectivity index (χ2n) is 6.68. The van der Waals surface area contributed by atoms with E-state index in [0.717, 1.165) is 5.56 Å². The molecule has 148 valence electrons. The van der Waals surface area contributed by atoms with E-state index in [2.05, 4.69) is 5.32 Å². The summed E-state index contributed by atoms with van der Waals surface area (Å²) in [6.07, 6.45) is 0.906. The maximum absolute atomic E-state index is 12.5. The molecule has 1 N–H and O–H groups in total. The van der Waals surface area contributed by atoms with E-state index < -0.39 is 0 Å². The SMILES string of the molecule is COc1ccc(CCN2CC(C(=O)Nc3ccc(Cl)cc3)CC2=O)cc1OC. The third-order valence-corrected chi connectivity index (χ3v) is 5.07. The van der Waals surface area contributed by atoms with Crippen molar-refractivity contribution >= 4 is 29.1 Å². The van der Waals surface area contributed by atoms with Crippen LogP contribution in [0, 0.1) is 5.92 Å². The Balaban J connectivity index is 1.55. The van der Waals surface area contributed by atoms with Crippen molar-refractivity contribution in [3.63, 3.8) is 0 Å². The lowest BCUT2D eigenvalue weighted by molar-refractivity contribution is -0.128. The molecule has 28 heavy (non-hydrogen) atoms. The Morgan fingerprint density at radius 3 is 2.54 bits per heavy atom. The van der Waals surface area contributed by atoms with Crippen LogP contribution in [0.5, 0.6) is 11.5 Å². The average molecular weight is 403 g/mol. The predicted molar refractivity (Wildman–Crippen MR) is 108 cm³/mol. The van der Waals surface area contributed by atoms with E-state index >= 15 is 0 Å². The number of hydrogen-bond donors (Lipinski definition) is 1. The molecule has 1 unspecified atom stereocenters. The van der Waals surface area contributed by atoms with E-state index in [1.54, 1.807) is 43.4 Å². The quantitative estimate of drug-likeness (QED) is 0.770. The number of amides is 2. The molecule has 0 bridgehead atoms. The summed E-state index contributed by atoms with van der Waals surface area (Å²) in [4.78, 5) is 26.5. The van der Waals surface area contributed by atoms with Gasteiger partial charge in [-0.2, -0.15) is 0 Å². The number of halogens is 1. The van der Waals surface area contributed by atoms with Gasteiger partial charge in [0.1, 0.15) is 0 Å². The molecule has 1 fully saturated rings. The second-order valence-corrected chi connectivity index (χ2v) is 7.11. The van der Waals surface area contributed by atoms with Crippen molar-refractivity contribution in [2.75, 3.05) is 32.6 Å². The van der Waals surface area contributed by atoms with Gasteiger partial charge in [-0.25, -0.2) is 0 Å². The topological polar surface area (TPSA) is 67.9 Å². The number of benzene rings is 2. The molecule has 0 aromatic heterocycles. The first kappa shape index (κ1) is 20.0. The highest BCUT2D eigenvalue weighted by Crippen LogP contribution is 2.28. The number of methoxy groups -OCH3 is 2. The van der Waals surface area contributed by atoms with Crippen LogP contribution in [0.2, 0.25) is 5.02 Å². The number of carbonyl (C=O) groups excluding carboxylic acids is 2. The summed E-state index contributed by atoms with van der Waals surface area (Å²) >= 11 is 5.86. The number of nitrogens with zero attached hydrogens (tertiary/aromatic N) is 1. The molecule has 2 aromatic carbocycles. The van der Waals surface area contributed by atoms with Crippen LogP contribution in [0.1, 0.15) is 12.0 Å². The molecule has 0 spiro atoms. The zero-order chi connectivity index (χ0) is 20.1. The highest BCUT2D eigenvalue weighted by Gasteiger charge is 2.34. The van der Waals surface area contributed by atoms with Gasteiger partial charge in [-0.3, -0.25) is 9.59 Å². The summed E-state index contributed by atoms with van der Waals surface area (Å²) < 4.78 is 10.6. The Labute approximate surface area is 169 Å². The third-order valence-electron chi connectivity index (χ3n) is 4.82. The van der Waals surface area contributed by atoms with Gasteiger partial charge in [0.15, 0.2) is 11.5 Å². The van der Waals surface area contributed by atoms with Gasteiger partial charge in [-0.05, 0) is 48.4 Å². The van der Waals surface area contributed by atoms with Gasteiger partial charge in [0.05, 0.1) is 20.1 Å². The van der Waals surface area contributed by atoms with E-state index in [9.17, 15) is 9.59 Å². The van der Waals surface area contributed by atoms with Gasteiger partial charge >= 0.3 is 0 Å². The molecular formula is C21H23ClN2O4. The van der Waals surface area contributed by atoms with Crippen molar-refractivity contribution in [2.45, 2.75) is 12.8 Å². The Hall–Kier alpha value is -2.73. The van der Waals surface area contributed by atoms with Crippen molar-refractivity contribution in [1.29, 1.82) is 0 Å². The Kier molecular flexibility index (Phi) is 6.41. The fourth-order valence-corrected chi connectivity index (χ4v) is 3.37. The lowest BCUT2D eigenvalue weighted by Gasteiger charge is -2.17. The molecular weight excluding hydrogens is 380 g/mol. The lowest BCUT2D eigenvalue weighted by Crippen LogP contribution is -2.30. The molecule has 6 nitrogen and oxygen atoms in total. The summed E-state index contributed by atoms with van der Waals surface area (Å²) in [5, 5.41) is 3.45. The van der Waals surface area contributed by atoms with Gasteiger partial charge in [0, 0.05) is 30.2 Å². The number of carbonyl (C=O) groups is 2. The third kappa shape index (κ3) is 4.75. The minimum absolute atomic E-state index is 0.00303. The summed E-state index contributed by atoms with van der Waals surface area (Å²) in [5.41, 5.74) is 1.71. The summed E-state index contributed by atoms with van der Waals surface area (Å²) in [6.45, 7) is 0.977. The normalized spacial score (nSPS) is 16.2. The Bertz CT molecular complexity index is 854. The molecule has 1 heterocycles. The summed E-state index contributed by atoms with van der Waals surface area (Å²) in [7, 11) is 3.19. The molecule has 3 rings (SSSR count). The monoisotopic (exact) mass is 402 g/mol. The molecule has 1 saturated heterocycles. The van der Waals surface area contributed by atoms with E-state index in [4.69, 9.17) is 21.1 Å². The van der Waals surface area contributed by atoms with Gasteiger partial charge in [-0.1, -0.05) is 17.7 Å². The number of hydrogen-bond acceptors (Lipinski definition) is 4. The Morgan fingerprint density at radius 2 is 1.86 bits per heavy atom. The first-order valence-electron chi connectivity index (χ1n) is 9.05.